The van der Waals surface area contributed by atoms with Crippen LogP contribution in [-0.2, 0) is 13.1 Å². The van der Waals surface area contributed by atoms with Crippen molar-refractivity contribution in [3.63, 3.8) is 0 Å². The predicted molar refractivity (Wildman–Crippen MR) is 85.7 cm³/mol. The fourth-order valence-corrected chi connectivity index (χ4v) is 2.85. The second-order valence-corrected chi connectivity index (χ2v) is 5.80. The molecule has 0 unspecified atom stereocenters. The quantitative estimate of drug-likeness (QED) is 0.779. The maximum absolute atomic E-state index is 13.9. The molecule has 0 fully saturated rings. The van der Waals surface area contributed by atoms with E-state index in [9.17, 15) is 4.39 Å². The first-order valence-corrected chi connectivity index (χ1v) is 7.51. The summed E-state index contributed by atoms with van der Waals surface area (Å²) in [4.78, 5) is 0. The normalized spacial score (nSPS) is 11.2. The minimum atomic E-state index is -0.215. The molecule has 1 aromatic heterocycles. The molecule has 108 valence electrons. The Morgan fingerprint density at radius 1 is 1.24 bits per heavy atom. The van der Waals surface area contributed by atoms with Crippen molar-refractivity contribution in [2.24, 2.45) is 0 Å². The van der Waals surface area contributed by atoms with Crippen LogP contribution in [0.1, 0.15) is 11.3 Å². The highest BCUT2D eigenvalue weighted by Crippen LogP contribution is 2.21. The minimum Gasteiger partial charge on any atom is -0.314 e. The molecule has 0 bridgehead atoms. The molecule has 3 rings (SSSR count). The van der Waals surface area contributed by atoms with Crippen LogP contribution in [-0.4, -0.2) is 16.8 Å². The van der Waals surface area contributed by atoms with E-state index in [-0.39, 0.29) is 5.82 Å². The summed E-state index contributed by atoms with van der Waals surface area (Å²) in [6.07, 6.45) is 0. The van der Waals surface area contributed by atoms with Crippen LogP contribution in [0.2, 0.25) is 0 Å². The zero-order chi connectivity index (χ0) is 14.8. The first-order valence-electron chi connectivity index (χ1n) is 6.72. The van der Waals surface area contributed by atoms with Crippen molar-refractivity contribution in [1.29, 1.82) is 0 Å². The second kappa shape index (κ2) is 5.95. The van der Waals surface area contributed by atoms with Crippen molar-refractivity contribution in [1.82, 2.24) is 15.1 Å². The van der Waals surface area contributed by atoms with Gasteiger partial charge in [0.1, 0.15) is 5.82 Å². The maximum atomic E-state index is 13.9. The summed E-state index contributed by atoms with van der Waals surface area (Å²) in [7, 11) is 1.89. The Bertz CT molecular complexity index is 782. The minimum absolute atomic E-state index is 0.215. The average Bonchev–Trinajstić information content (AvgIpc) is 2.82. The summed E-state index contributed by atoms with van der Waals surface area (Å²) in [5.41, 5.74) is 2.61. The number of benzene rings is 2. The van der Waals surface area contributed by atoms with Gasteiger partial charge < -0.3 is 5.32 Å². The largest absolute Gasteiger partial charge is 0.314 e. The molecule has 0 saturated heterocycles. The van der Waals surface area contributed by atoms with Gasteiger partial charge in [-0.2, -0.15) is 5.10 Å². The lowest BCUT2D eigenvalue weighted by molar-refractivity contribution is 0.586. The Morgan fingerprint density at radius 2 is 2.05 bits per heavy atom. The van der Waals surface area contributed by atoms with E-state index in [4.69, 9.17) is 0 Å². The fourth-order valence-electron chi connectivity index (χ4n) is 2.44. The Hall–Kier alpha value is -1.72. The third-order valence-electron chi connectivity index (χ3n) is 3.41. The molecule has 2 aromatic carbocycles. The Kier molecular flexibility index (Phi) is 4.03. The van der Waals surface area contributed by atoms with Gasteiger partial charge in [0, 0.05) is 22.0 Å². The van der Waals surface area contributed by atoms with Crippen molar-refractivity contribution in [2.75, 3.05) is 7.05 Å². The van der Waals surface area contributed by atoms with Crippen LogP contribution in [0.5, 0.6) is 0 Å². The van der Waals surface area contributed by atoms with E-state index in [2.05, 4.69) is 26.3 Å². The molecule has 3 nitrogen and oxygen atoms in total. The van der Waals surface area contributed by atoms with Gasteiger partial charge in [-0.1, -0.05) is 34.1 Å². The number of para-hydroxylation sites is 1. The maximum Gasteiger partial charge on any atom is 0.128 e. The van der Waals surface area contributed by atoms with E-state index in [0.717, 1.165) is 21.1 Å². The fraction of sp³-hybridized carbons (Fsp3) is 0.188. The molecular formula is C16H15BrFN3. The SMILES string of the molecule is CNCc1nn(Cc2cc(Br)ccc2F)c2ccccc12. The standard InChI is InChI=1S/C16H15BrFN3/c1-19-9-15-13-4-2-3-5-16(13)21(20-15)10-11-8-12(17)6-7-14(11)18/h2-8,19H,9-10H2,1H3. The molecule has 0 amide bonds. The van der Waals surface area contributed by atoms with E-state index in [1.807, 2.05) is 36.0 Å². The van der Waals surface area contributed by atoms with E-state index in [1.54, 1.807) is 12.1 Å². The molecule has 0 radical (unpaired) electrons. The summed E-state index contributed by atoms with van der Waals surface area (Å²) < 4.78 is 16.7. The first-order chi connectivity index (χ1) is 10.2. The van der Waals surface area contributed by atoms with Gasteiger partial charge >= 0.3 is 0 Å². The third kappa shape index (κ3) is 2.84. The van der Waals surface area contributed by atoms with Gasteiger partial charge in [0.05, 0.1) is 17.8 Å². The number of hydrogen-bond acceptors (Lipinski definition) is 2. The van der Waals surface area contributed by atoms with Crippen LogP contribution in [0.4, 0.5) is 4.39 Å². The molecular weight excluding hydrogens is 333 g/mol. The lowest BCUT2D eigenvalue weighted by Crippen LogP contribution is -2.08. The van der Waals surface area contributed by atoms with Gasteiger partial charge in [0.2, 0.25) is 0 Å². The lowest BCUT2D eigenvalue weighted by atomic mass is 10.2. The van der Waals surface area contributed by atoms with Crippen molar-refractivity contribution < 1.29 is 4.39 Å². The summed E-state index contributed by atoms with van der Waals surface area (Å²) in [5, 5.41) is 8.83. The van der Waals surface area contributed by atoms with Gasteiger partial charge in [-0.05, 0) is 31.3 Å². The van der Waals surface area contributed by atoms with Crippen LogP contribution in [0.3, 0.4) is 0 Å². The molecule has 1 heterocycles. The first kappa shape index (κ1) is 14.2. The summed E-state index contributed by atoms with van der Waals surface area (Å²) >= 11 is 3.38. The Balaban J connectivity index is 2.06. The molecule has 0 atom stereocenters. The number of rotatable bonds is 4. The third-order valence-corrected chi connectivity index (χ3v) is 3.90. The van der Waals surface area contributed by atoms with Crippen LogP contribution >= 0.6 is 15.9 Å². The van der Waals surface area contributed by atoms with E-state index in [1.165, 1.54) is 6.07 Å². The summed E-state index contributed by atoms with van der Waals surface area (Å²) in [5.74, 6) is -0.215. The van der Waals surface area contributed by atoms with Crippen molar-refractivity contribution >= 4 is 26.8 Å². The second-order valence-electron chi connectivity index (χ2n) is 4.89. The van der Waals surface area contributed by atoms with E-state index in [0.29, 0.717) is 18.7 Å². The van der Waals surface area contributed by atoms with Crippen LogP contribution in [0.25, 0.3) is 10.9 Å². The number of nitrogens with one attached hydrogen (secondary N) is 1. The highest BCUT2D eigenvalue weighted by Gasteiger charge is 2.11. The van der Waals surface area contributed by atoms with Gasteiger partial charge in [-0.25, -0.2) is 4.39 Å². The topological polar surface area (TPSA) is 29.9 Å². The van der Waals surface area contributed by atoms with Gasteiger partial charge in [0.25, 0.3) is 0 Å². The number of hydrogen-bond donors (Lipinski definition) is 1. The van der Waals surface area contributed by atoms with Crippen molar-refractivity contribution in [3.05, 3.63) is 64.0 Å². The van der Waals surface area contributed by atoms with Crippen LogP contribution in [0, 0.1) is 5.82 Å². The molecule has 0 saturated carbocycles. The highest BCUT2D eigenvalue weighted by molar-refractivity contribution is 9.10. The predicted octanol–water partition coefficient (Wildman–Crippen LogP) is 3.71. The van der Waals surface area contributed by atoms with Crippen molar-refractivity contribution in [3.8, 4) is 0 Å². The number of aromatic nitrogens is 2. The average molecular weight is 348 g/mol. The number of fused-ring (bicyclic) bond motifs is 1. The molecule has 1 N–H and O–H groups in total. The van der Waals surface area contributed by atoms with E-state index >= 15 is 0 Å². The van der Waals surface area contributed by atoms with Crippen molar-refractivity contribution in [2.45, 2.75) is 13.1 Å². The Labute approximate surface area is 130 Å². The zero-order valence-corrected chi connectivity index (χ0v) is 13.2. The van der Waals surface area contributed by atoms with Crippen LogP contribution < -0.4 is 5.32 Å². The number of halogens is 2. The monoisotopic (exact) mass is 347 g/mol. The number of nitrogens with zero attached hydrogens (tertiary/aromatic N) is 2. The summed E-state index contributed by atoms with van der Waals surface area (Å²) in [6.45, 7) is 1.10. The zero-order valence-electron chi connectivity index (χ0n) is 11.6. The highest BCUT2D eigenvalue weighted by atomic mass is 79.9. The summed E-state index contributed by atoms with van der Waals surface area (Å²) in [6, 6.07) is 13.0. The molecule has 0 spiro atoms. The van der Waals surface area contributed by atoms with Gasteiger partial charge in [-0.15, -0.1) is 0 Å². The van der Waals surface area contributed by atoms with Crippen LogP contribution in [0.15, 0.2) is 46.9 Å². The molecule has 3 aromatic rings. The molecule has 0 aliphatic heterocycles. The smallest absolute Gasteiger partial charge is 0.128 e. The van der Waals surface area contributed by atoms with Gasteiger partial charge in [0.15, 0.2) is 0 Å². The molecule has 0 aliphatic rings. The Morgan fingerprint density at radius 3 is 2.86 bits per heavy atom. The molecule has 21 heavy (non-hydrogen) atoms. The molecule has 0 aliphatic carbocycles. The lowest BCUT2D eigenvalue weighted by Gasteiger charge is -2.06. The van der Waals surface area contributed by atoms with E-state index < -0.39 is 0 Å². The molecule has 5 heteroatoms. The van der Waals surface area contributed by atoms with Gasteiger partial charge in [-0.3, -0.25) is 4.68 Å².